The lowest BCUT2D eigenvalue weighted by Gasteiger charge is -2.20. The van der Waals surface area contributed by atoms with E-state index in [9.17, 15) is 14.4 Å². The number of nitrogens with one attached hydrogen (secondary N) is 2. The van der Waals surface area contributed by atoms with E-state index in [1.807, 2.05) is 67.6 Å². The van der Waals surface area contributed by atoms with Crippen LogP contribution < -0.4 is 15.4 Å². The van der Waals surface area contributed by atoms with Crippen molar-refractivity contribution in [3.05, 3.63) is 130 Å². The van der Waals surface area contributed by atoms with E-state index in [-0.39, 0.29) is 17.6 Å². The van der Waals surface area contributed by atoms with Gasteiger partial charge in [-0.15, -0.1) is 0 Å². The van der Waals surface area contributed by atoms with Gasteiger partial charge in [-0.25, -0.2) is 4.79 Å². The minimum Gasteiger partial charge on any atom is -0.494 e. The summed E-state index contributed by atoms with van der Waals surface area (Å²) in [7, 11) is 1.34. The highest BCUT2D eigenvalue weighted by molar-refractivity contribution is 6.30. The van der Waals surface area contributed by atoms with Gasteiger partial charge in [0.1, 0.15) is 11.8 Å². The second-order valence-electron chi connectivity index (χ2n) is 10.1. The Morgan fingerprint density at radius 3 is 2.21 bits per heavy atom. The van der Waals surface area contributed by atoms with Crippen LogP contribution in [0.15, 0.2) is 103 Å². The van der Waals surface area contributed by atoms with Gasteiger partial charge in [-0.2, -0.15) is 0 Å². The molecule has 2 N–H and O–H groups in total. The molecule has 0 spiro atoms. The minimum absolute atomic E-state index is 0.0486. The van der Waals surface area contributed by atoms with Crippen LogP contribution in [0.25, 0.3) is 0 Å². The van der Waals surface area contributed by atoms with E-state index in [2.05, 4.69) is 10.6 Å². The number of ketones is 1. The molecule has 8 heteroatoms. The van der Waals surface area contributed by atoms with Gasteiger partial charge in [-0.1, -0.05) is 78.3 Å². The van der Waals surface area contributed by atoms with Crippen LogP contribution in [0.5, 0.6) is 5.75 Å². The van der Waals surface area contributed by atoms with Crippen LogP contribution in [0, 0.1) is 0 Å². The van der Waals surface area contributed by atoms with E-state index in [0.29, 0.717) is 53.6 Å². The van der Waals surface area contributed by atoms with Gasteiger partial charge in [-0.05, 0) is 60.9 Å². The third kappa shape index (κ3) is 8.93. The average molecular weight is 599 g/mol. The fourth-order valence-electron chi connectivity index (χ4n) is 4.56. The number of esters is 1. The third-order valence-corrected chi connectivity index (χ3v) is 7.29. The van der Waals surface area contributed by atoms with Gasteiger partial charge in [0.2, 0.25) is 5.91 Å². The summed E-state index contributed by atoms with van der Waals surface area (Å²) >= 11 is 5.93. The van der Waals surface area contributed by atoms with Crippen LogP contribution in [-0.4, -0.2) is 44.0 Å². The molecule has 7 nitrogen and oxygen atoms in total. The van der Waals surface area contributed by atoms with E-state index in [0.717, 1.165) is 11.1 Å². The van der Waals surface area contributed by atoms with Crippen molar-refractivity contribution in [3.8, 4) is 5.75 Å². The number of amides is 1. The van der Waals surface area contributed by atoms with E-state index in [1.165, 1.54) is 7.11 Å². The number of rotatable bonds is 14. The number of methoxy groups -OCH3 is 1. The quantitative estimate of drug-likeness (QED) is 0.0983. The molecule has 0 radical (unpaired) electrons. The highest BCUT2D eigenvalue weighted by Gasteiger charge is 2.22. The lowest BCUT2D eigenvalue weighted by atomic mass is 10.00. The number of hydrogen-bond donors (Lipinski definition) is 2. The van der Waals surface area contributed by atoms with Crippen molar-refractivity contribution in [2.45, 2.75) is 31.7 Å². The normalized spacial score (nSPS) is 12.1. The second kappa shape index (κ2) is 15.6. The molecule has 2 atom stereocenters. The van der Waals surface area contributed by atoms with Gasteiger partial charge in [0.15, 0.2) is 5.78 Å². The minimum atomic E-state index is -0.708. The molecule has 4 aromatic carbocycles. The molecule has 4 rings (SSSR count). The Morgan fingerprint density at radius 1 is 0.837 bits per heavy atom. The molecular weight excluding hydrogens is 564 g/mol. The van der Waals surface area contributed by atoms with Crippen LogP contribution in [0.3, 0.4) is 0 Å². The monoisotopic (exact) mass is 598 g/mol. The maximum Gasteiger partial charge on any atom is 0.328 e. The Balaban J connectivity index is 1.29. The molecule has 4 aromatic rings. The summed E-state index contributed by atoms with van der Waals surface area (Å²) in [6, 6.07) is 30.2. The summed E-state index contributed by atoms with van der Waals surface area (Å²) in [6.45, 7) is 2.79. The van der Waals surface area contributed by atoms with Crippen molar-refractivity contribution in [3.63, 3.8) is 0 Å². The number of carbonyl (C=O) groups is 3. The molecule has 222 valence electrons. The molecule has 1 amide bonds. The van der Waals surface area contributed by atoms with Gasteiger partial charge < -0.3 is 20.1 Å². The van der Waals surface area contributed by atoms with Crippen molar-refractivity contribution in [1.29, 1.82) is 0 Å². The Hall–Kier alpha value is -4.62. The number of para-hydroxylation sites is 1. The van der Waals surface area contributed by atoms with Gasteiger partial charge in [0.25, 0.3) is 0 Å². The van der Waals surface area contributed by atoms with Crippen LogP contribution in [0.1, 0.15) is 46.3 Å². The van der Waals surface area contributed by atoms with Crippen molar-refractivity contribution < 1.29 is 23.9 Å². The number of anilines is 1. The molecule has 2 unspecified atom stereocenters. The van der Waals surface area contributed by atoms with Crippen molar-refractivity contribution in [2.75, 3.05) is 25.6 Å². The van der Waals surface area contributed by atoms with E-state index in [1.54, 1.807) is 42.5 Å². The van der Waals surface area contributed by atoms with Gasteiger partial charge in [0.05, 0.1) is 19.6 Å². The zero-order chi connectivity index (χ0) is 30.6. The van der Waals surface area contributed by atoms with Crippen LogP contribution in [0.2, 0.25) is 5.02 Å². The fourth-order valence-corrected chi connectivity index (χ4v) is 4.69. The third-order valence-electron chi connectivity index (χ3n) is 7.04. The van der Waals surface area contributed by atoms with Crippen molar-refractivity contribution in [1.82, 2.24) is 5.32 Å². The maximum absolute atomic E-state index is 13.1. The molecule has 0 aliphatic heterocycles. The number of ether oxygens (including phenoxy) is 2. The highest BCUT2D eigenvalue weighted by atomic mass is 35.5. The standard InChI is InChI=1S/C35H35ClN2O5/c1-24(26-15-17-28(36)18-16-26)34(40)37-21-8-22-43-29-19-13-25(14-20-29)23-32(35(41)42-2)38-31-12-7-6-11-30(31)33(39)27-9-4-3-5-10-27/h3-7,9-20,24,32,38H,8,21-23H2,1-2H3,(H,37,40). The first-order chi connectivity index (χ1) is 20.9. The molecule has 0 bridgehead atoms. The van der Waals surface area contributed by atoms with Crippen LogP contribution in [-0.2, 0) is 20.7 Å². The lowest BCUT2D eigenvalue weighted by Crippen LogP contribution is -2.33. The Kier molecular flexibility index (Phi) is 11.3. The SMILES string of the molecule is COC(=O)C(Cc1ccc(OCCCNC(=O)C(C)c2ccc(Cl)cc2)cc1)Nc1ccccc1C(=O)c1ccccc1. The number of benzene rings is 4. The fraction of sp³-hybridized carbons (Fsp3) is 0.229. The van der Waals surface area contributed by atoms with E-state index < -0.39 is 12.0 Å². The zero-order valence-corrected chi connectivity index (χ0v) is 25.0. The zero-order valence-electron chi connectivity index (χ0n) is 24.2. The molecular formula is C35H35ClN2O5. The summed E-state index contributed by atoms with van der Waals surface area (Å²) in [4.78, 5) is 38.3. The average Bonchev–Trinajstić information content (AvgIpc) is 3.05. The molecule has 0 aromatic heterocycles. The van der Waals surface area contributed by atoms with E-state index in [4.69, 9.17) is 21.1 Å². The predicted octanol–water partition coefficient (Wildman–Crippen LogP) is 6.46. The van der Waals surface area contributed by atoms with Gasteiger partial charge in [0, 0.05) is 34.8 Å². The first kappa shape index (κ1) is 31.3. The molecule has 0 saturated heterocycles. The molecule has 0 fully saturated rings. The van der Waals surface area contributed by atoms with Crippen molar-refractivity contribution in [2.24, 2.45) is 0 Å². The lowest BCUT2D eigenvalue weighted by molar-refractivity contribution is -0.141. The molecule has 0 saturated carbocycles. The molecule has 0 aliphatic rings. The van der Waals surface area contributed by atoms with Gasteiger partial charge in [-0.3, -0.25) is 9.59 Å². The molecule has 0 aliphatic carbocycles. The largest absolute Gasteiger partial charge is 0.494 e. The topological polar surface area (TPSA) is 93.7 Å². The smallest absolute Gasteiger partial charge is 0.328 e. The summed E-state index contributed by atoms with van der Waals surface area (Å²) in [6.07, 6.45) is 0.995. The van der Waals surface area contributed by atoms with Crippen LogP contribution >= 0.6 is 11.6 Å². The van der Waals surface area contributed by atoms with Gasteiger partial charge >= 0.3 is 5.97 Å². The predicted molar refractivity (Wildman–Crippen MR) is 169 cm³/mol. The second-order valence-corrected chi connectivity index (χ2v) is 10.5. The van der Waals surface area contributed by atoms with Crippen LogP contribution in [0.4, 0.5) is 5.69 Å². The molecule has 43 heavy (non-hydrogen) atoms. The molecule has 0 heterocycles. The van der Waals surface area contributed by atoms with Crippen molar-refractivity contribution >= 4 is 34.9 Å². The summed E-state index contributed by atoms with van der Waals surface area (Å²) in [5.41, 5.74) is 3.40. The maximum atomic E-state index is 13.1. The first-order valence-electron chi connectivity index (χ1n) is 14.1. The number of carbonyl (C=O) groups excluding carboxylic acids is 3. The first-order valence-corrected chi connectivity index (χ1v) is 14.5. The van der Waals surface area contributed by atoms with E-state index >= 15 is 0 Å². The summed E-state index contributed by atoms with van der Waals surface area (Å²) < 4.78 is 10.9. The Bertz CT molecular complexity index is 1510. The number of hydrogen-bond acceptors (Lipinski definition) is 6. The summed E-state index contributed by atoms with van der Waals surface area (Å²) in [5, 5.41) is 6.81. The number of halogens is 1. The highest BCUT2D eigenvalue weighted by Crippen LogP contribution is 2.22. The Morgan fingerprint density at radius 2 is 1.51 bits per heavy atom. The summed E-state index contributed by atoms with van der Waals surface area (Å²) in [5.74, 6) is -0.204. The Labute approximate surface area is 257 Å².